The van der Waals surface area contributed by atoms with E-state index in [1.807, 2.05) is 11.6 Å². The van der Waals surface area contributed by atoms with Crippen molar-refractivity contribution in [1.82, 2.24) is 44.9 Å². The van der Waals surface area contributed by atoms with Crippen LogP contribution in [-0.4, -0.2) is 103 Å². The molecule has 1 aromatic carbocycles. The molecule has 1 aliphatic heterocycles. The summed E-state index contributed by atoms with van der Waals surface area (Å²) < 4.78 is 62.0. The fourth-order valence-corrected chi connectivity index (χ4v) is 6.02. The third-order valence-corrected chi connectivity index (χ3v) is 8.39. The number of benzene rings is 1. The van der Waals surface area contributed by atoms with E-state index in [2.05, 4.69) is 51.6 Å². The highest BCUT2D eigenvalue weighted by molar-refractivity contribution is 5.67. The monoisotopic (exact) mass is 683 g/mol. The van der Waals surface area contributed by atoms with Crippen LogP contribution in [-0.2, 0) is 16.0 Å². The zero-order chi connectivity index (χ0) is 34.2. The highest BCUT2D eigenvalue weighted by Gasteiger charge is 2.30. The summed E-state index contributed by atoms with van der Waals surface area (Å²) in [5.74, 6) is 0.750. The number of tetrazole rings is 1. The largest absolute Gasteiger partial charge is 0.522 e. The Labute approximate surface area is 279 Å². The van der Waals surface area contributed by atoms with Crippen molar-refractivity contribution in [3.63, 3.8) is 0 Å². The number of nitrogens with one attached hydrogen (secondary N) is 1. The number of hydrogen-bond donors (Lipinski definition) is 1. The Bertz CT molecular complexity index is 1680. The molecule has 2 aliphatic rings. The molecule has 1 aliphatic carbocycles. The number of halogens is 3. The Hall–Kier alpha value is -4.86. The van der Waals surface area contributed by atoms with Gasteiger partial charge in [0.15, 0.2) is 0 Å². The topological polar surface area (TPSA) is 163 Å². The molecule has 1 N–H and O–H groups in total. The van der Waals surface area contributed by atoms with Crippen molar-refractivity contribution in [2.24, 2.45) is 0 Å². The lowest BCUT2D eigenvalue weighted by atomic mass is 9.90. The number of anilines is 2. The number of aromatic nitrogens is 8. The van der Waals surface area contributed by atoms with Gasteiger partial charge in [-0.05, 0) is 60.7 Å². The number of alkyl halides is 3. The van der Waals surface area contributed by atoms with Gasteiger partial charge in [-0.2, -0.15) is 5.26 Å². The van der Waals surface area contributed by atoms with Crippen LogP contribution in [0.4, 0.5) is 24.8 Å². The van der Waals surface area contributed by atoms with Crippen molar-refractivity contribution in [2.75, 3.05) is 44.8 Å². The van der Waals surface area contributed by atoms with Crippen LogP contribution < -0.4 is 14.8 Å². The lowest BCUT2D eigenvalue weighted by Crippen LogP contribution is -2.45. The van der Waals surface area contributed by atoms with Crippen molar-refractivity contribution < 1.29 is 32.1 Å². The van der Waals surface area contributed by atoms with Crippen LogP contribution in [0.15, 0.2) is 43.1 Å². The van der Waals surface area contributed by atoms with Crippen LogP contribution in [0.2, 0.25) is 0 Å². The SMILES string of the molecule is C[C@@H](Cn1cnnn1)Oc1cc(-c2cnc(Nc3cn([C@H]4CC[C@H](N5CCOCC5)CC4)nc3OCCOC(F)(F)F)nc2)ccc1C#N. The summed E-state index contributed by atoms with van der Waals surface area (Å²) in [6.07, 6.45) is 5.21. The van der Waals surface area contributed by atoms with E-state index in [-0.39, 0.29) is 30.6 Å². The second kappa shape index (κ2) is 15.6. The van der Waals surface area contributed by atoms with Gasteiger partial charge in [0.1, 0.15) is 36.5 Å². The van der Waals surface area contributed by atoms with Crippen molar-refractivity contribution in [2.45, 2.75) is 63.7 Å². The molecule has 0 spiro atoms. The van der Waals surface area contributed by atoms with E-state index in [1.165, 1.54) is 11.0 Å². The van der Waals surface area contributed by atoms with E-state index in [0.717, 1.165) is 57.6 Å². The van der Waals surface area contributed by atoms with E-state index in [0.29, 0.717) is 35.2 Å². The first-order valence-corrected chi connectivity index (χ1v) is 16.0. The Balaban J connectivity index is 1.14. The minimum Gasteiger partial charge on any atom is -0.487 e. The quantitative estimate of drug-likeness (QED) is 0.200. The van der Waals surface area contributed by atoms with Gasteiger partial charge in [0, 0.05) is 37.1 Å². The van der Waals surface area contributed by atoms with Crippen LogP contribution >= 0.6 is 0 Å². The number of ether oxygens (including phenoxy) is 4. The van der Waals surface area contributed by atoms with Gasteiger partial charge in [-0.25, -0.2) is 14.6 Å². The molecule has 0 unspecified atom stereocenters. The first-order chi connectivity index (χ1) is 23.7. The minimum absolute atomic E-state index is 0.105. The molecule has 2 fully saturated rings. The molecule has 15 nitrogen and oxygen atoms in total. The van der Waals surface area contributed by atoms with Gasteiger partial charge < -0.3 is 19.5 Å². The summed E-state index contributed by atoms with van der Waals surface area (Å²) in [6.45, 7) is 4.57. The first kappa shape index (κ1) is 34.0. The molecular formula is C31H36F3N11O4. The molecule has 4 heterocycles. The molecule has 260 valence electrons. The van der Waals surface area contributed by atoms with Crippen LogP contribution in [0.3, 0.4) is 0 Å². The lowest BCUT2D eigenvalue weighted by molar-refractivity contribution is -0.325. The molecule has 1 atom stereocenters. The van der Waals surface area contributed by atoms with E-state index >= 15 is 0 Å². The van der Waals surface area contributed by atoms with Gasteiger partial charge in [-0.1, -0.05) is 6.07 Å². The van der Waals surface area contributed by atoms with Crippen LogP contribution in [0.25, 0.3) is 11.1 Å². The number of nitrogens with zero attached hydrogens (tertiary/aromatic N) is 10. The zero-order valence-electron chi connectivity index (χ0n) is 26.8. The van der Waals surface area contributed by atoms with Gasteiger partial charge in [0.05, 0.1) is 44.2 Å². The number of hydrogen-bond acceptors (Lipinski definition) is 13. The maximum Gasteiger partial charge on any atom is 0.522 e. The second-order valence-electron chi connectivity index (χ2n) is 11.8. The predicted octanol–water partition coefficient (Wildman–Crippen LogP) is 4.14. The second-order valence-corrected chi connectivity index (χ2v) is 11.8. The lowest BCUT2D eigenvalue weighted by Gasteiger charge is -2.38. The average molecular weight is 684 g/mol. The summed E-state index contributed by atoms with van der Waals surface area (Å²) in [5.41, 5.74) is 2.18. The molecule has 1 saturated carbocycles. The van der Waals surface area contributed by atoms with Crippen LogP contribution in [0, 0.1) is 11.3 Å². The average Bonchev–Trinajstić information content (AvgIpc) is 3.77. The third kappa shape index (κ3) is 9.19. The maximum atomic E-state index is 12.5. The van der Waals surface area contributed by atoms with E-state index in [4.69, 9.17) is 14.2 Å². The van der Waals surface area contributed by atoms with Crippen LogP contribution in [0.1, 0.15) is 44.2 Å². The smallest absolute Gasteiger partial charge is 0.487 e. The Kier molecular flexibility index (Phi) is 10.8. The number of nitriles is 1. The Morgan fingerprint density at radius 1 is 1.06 bits per heavy atom. The van der Waals surface area contributed by atoms with Gasteiger partial charge in [0.25, 0.3) is 5.88 Å². The normalized spacial score (nSPS) is 19.2. The van der Waals surface area contributed by atoms with Crippen molar-refractivity contribution in [1.29, 1.82) is 5.26 Å². The summed E-state index contributed by atoms with van der Waals surface area (Å²) in [7, 11) is 0. The molecule has 0 amide bonds. The standard InChI is InChI=1S/C31H36F3N11O4/c1-21(18-44-20-38-41-42-44)49-28-14-22(2-3-23(28)15-35)24-16-36-30(37-17-24)39-27-19-45(40-29(27)47-12-13-48-31(32,33)34)26-6-4-25(5-7-26)43-8-10-46-11-9-43/h2-3,14,16-17,19-21,25-26H,4-13,18H2,1H3,(H,36,37,39)/t21-,25-,26-/m0/s1. The fourth-order valence-electron chi connectivity index (χ4n) is 6.02. The molecule has 18 heteroatoms. The van der Waals surface area contributed by atoms with Gasteiger partial charge in [-0.15, -0.1) is 23.4 Å². The van der Waals surface area contributed by atoms with E-state index in [9.17, 15) is 18.4 Å². The molecule has 0 bridgehead atoms. The Morgan fingerprint density at radius 2 is 1.82 bits per heavy atom. The van der Waals surface area contributed by atoms with Crippen molar-refractivity contribution >= 4 is 11.6 Å². The molecule has 1 saturated heterocycles. The summed E-state index contributed by atoms with van der Waals surface area (Å²) >= 11 is 0. The van der Waals surface area contributed by atoms with E-state index in [1.54, 1.807) is 36.8 Å². The Morgan fingerprint density at radius 3 is 2.51 bits per heavy atom. The highest BCUT2D eigenvalue weighted by atomic mass is 19.4. The molecule has 49 heavy (non-hydrogen) atoms. The molecular weight excluding hydrogens is 647 g/mol. The molecule has 0 radical (unpaired) electrons. The van der Waals surface area contributed by atoms with Crippen molar-refractivity contribution in [3.8, 4) is 28.8 Å². The predicted molar refractivity (Wildman–Crippen MR) is 167 cm³/mol. The summed E-state index contributed by atoms with van der Waals surface area (Å²) in [5, 5.41) is 28.4. The minimum atomic E-state index is -4.76. The van der Waals surface area contributed by atoms with Crippen molar-refractivity contribution in [3.05, 3.63) is 48.7 Å². The number of rotatable bonds is 13. The first-order valence-electron chi connectivity index (χ1n) is 16.0. The zero-order valence-corrected chi connectivity index (χ0v) is 26.8. The summed E-state index contributed by atoms with van der Waals surface area (Å²) in [6, 6.07) is 7.92. The van der Waals surface area contributed by atoms with Crippen LogP contribution in [0.5, 0.6) is 11.6 Å². The van der Waals surface area contributed by atoms with Gasteiger partial charge >= 0.3 is 6.36 Å². The fraction of sp³-hybridized carbons (Fsp3) is 0.516. The van der Waals surface area contributed by atoms with Gasteiger partial charge in [0.2, 0.25) is 5.95 Å². The number of morpholine rings is 1. The molecule has 6 rings (SSSR count). The van der Waals surface area contributed by atoms with Gasteiger partial charge in [-0.3, -0.25) is 14.3 Å². The van der Waals surface area contributed by atoms with E-state index < -0.39 is 13.0 Å². The molecule has 3 aromatic heterocycles. The summed E-state index contributed by atoms with van der Waals surface area (Å²) in [4.78, 5) is 11.4. The maximum absolute atomic E-state index is 12.5. The third-order valence-electron chi connectivity index (χ3n) is 8.39. The highest BCUT2D eigenvalue weighted by Crippen LogP contribution is 2.35. The molecule has 4 aromatic rings.